The minimum Gasteiger partial charge on any atom is -0.481 e. The van der Waals surface area contributed by atoms with E-state index in [1.165, 1.54) is 33.8 Å². The second-order valence-corrected chi connectivity index (χ2v) is 8.66. The van der Waals surface area contributed by atoms with Crippen LogP contribution in [0.25, 0.3) is 0 Å². The smallest absolute Gasteiger partial charge is 0.305 e. The number of anilines is 1. The standard InChI is InChI=1S/C18H22N6O3S2/c1-11(25)23-24-15(21-22-18(24)28-9-7-19)10-13-12-4-2-3-5-14(12)29-17(13)20-8-6-16(26)27/h20H,2-6,8-10H2,1H3,(H,23,25)(H,26,27). The largest absolute Gasteiger partial charge is 0.481 e. The minimum atomic E-state index is -0.843. The van der Waals surface area contributed by atoms with Crippen LogP contribution in [0.4, 0.5) is 5.00 Å². The molecule has 3 N–H and O–H groups in total. The summed E-state index contributed by atoms with van der Waals surface area (Å²) in [5.74, 6) is -0.317. The first-order valence-electron chi connectivity index (χ1n) is 9.30. The van der Waals surface area contributed by atoms with Crippen molar-refractivity contribution >= 4 is 40.0 Å². The molecule has 0 spiro atoms. The number of amides is 1. The van der Waals surface area contributed by atoms with Gasteiger partial charge in [0.25, 0.3) is 0 Å². The van der Waals surface area contributed by atoms with Gasteiger partial charge < -0.3 is 10.4 Å². The van der Waals surface area contributed by atoms with Crippen molar-refractivity contribution in [3.05, 3.63) is 21.8 Å². The molecule has 1 aliphatic rings. The summed E-state index contributed by atoms with van der Waals surface area (Å²) in [7, 11) is 0. The Hall–Kier alpha value is -2.58. The van der Waals surface area contributed by atoms with Gasteiger partial charge >= 0.3 is 5.97 Å². The fraction of sp³-hybridized carbons (Fsp3) is 0.500. The quantitative estimate of drug-likeness (QED) is 0.513. The van der Waals surface area contributed by atoms with Crippen molar-refractivity contribution in [1.82, 2.24) is 14.9 Å². The summed E-state index contributed by atoms with van der Waals surface area (Å²) < 4.78 is 1.54. The molecule has 0 saturated heterocycles. The molecule has 29 heavy (non-hydrogen) atoms. The summed E-state index contributed by atoms with van der Waals surface area (Å²) in [6.45, 7) is 1.76. The van der Waals surface area contributed by atoms with E-state index in [2.05, 4.69) is 20.9 Å². The van der Waals surface area contributed by atoms with Crippen LogP contribution in [0.5, 0.6) is 0 Å². The highest BCUT2D eigenvalue weighted by molar-refractivity contribution is 7.99. The molecular weight excluding hydrogens is 412 g/mol. The number of hydrogen-bond donors (Lipinski definition) is 3. The number of nitrogens with one attached hydrogen (secondary N) is 2. The van der Waals surface area contributed by atoms with E-state index in [1.54, 1.807) is 11.3 Å². The van der Waals surface area contributed by atoms with Crippen LogP contribution in [0.1, 0.15) is 48.0 Å². The van der Waals surface area contributed by atoms with Gasteiger partial charge in [-0.2, -0.15) is 5.26 Å². The highest BCUT2D eigenvalue weighted by atomic mass is 32.2. The lowest BCUT2D eigenvalue weighted by Crippen LogP contribution is -2.23. The van der Waals surface area contributed by atoms with Gasteiger partial charge in [0.15, 0.2) is 5.82 Å². The van der Waals surface area contributed by atoms with Gasteiger partial charge in [0.2, 0.25) is 11.1 Å². The molecule has 0 bridgehead atoms. The number of rotatable bonds is 9. The van der Waals surface area contributed by atoms with Gasteiger partial charge in [0.05, 0.1) is 23.2 Å². The van der Waals surface area contributed by atoms with Crippen LogP contribution in [0, 0.1) is 11.3 Å². The van der Waals surface area contributed by atoms with Crippen molar-refractivity contribution in [2.75, 3.05) is 23.0 Å². The molecule has 9 nitrogen and oxygen atoms in total. The highest BCUT2D eigenvalue weighted by Gasteiger charge is 2.24. The Kier molecular flexibility index (Phi) is 7.11. The fourth-order valence-electron chi connectivity index (χ4n) is 3.28. The van der Waals surface area contributed by atoms with Gasteiger partial charge in [-0.25, -0.2) is 4.68 Å². The van der Waals surface area contributed by atoms with Crippen molar-refractivity contribution in [2.45, 2.75) is 50.6 Å². The molecule has 1 aliphatic carbocycles. The van der Waals surface area contributed by atoms with Crippen LogP contribution >= 0.6 is 23.1 Å². The average molecular weight is 435 g/mol. The summed E-state index contributed by atoms with van der Waals surface area (Å²) in [5, 5.41) is 30.8. The van der Waals surface area contributed by atoms with Gasteiger partial charge in [-0.15, -0.1) is 21.5 Å². The number of carboxylic acid groups (broad SMARTS) is 1. The fourth-order valence-corrected chi connectivity index (χ4v) is 5.18. The zero-order chi connectivity index (χ0) is 20.8. The second kappa shape index (κ2) is 9.76. The number of carbonyl (C=O) groups excluding carboxylic acids is 1. The summed E-state index contributed by atoms with van der Waals surface area (Å²) in [4.78, 5) is 23.9. The maximum atomic E-state index is 11.7. The van der Waals surface area contributed by atoms with E-state index >= 15 is 0 Å². The lowest BCUT2D eigenvalue weighted by molar-refractivity contribution is -0.136. The number of aliphatic carboxylic acids is 1. The van der Waals surface area contributed by atoms with E-state index in [9.17, 15) is 9.59 Å². The number of aromatic nitrogens is 3. The molecule has 0 saturated carbocycles. The van der Waals surface area contributed by atoms with Crippen LogP contribution in [0.15, 0.2) is 5.16 Å². The van der Waals surface area contributed by atoms with Crippen molar-refractivity contribution < 1.29 is 14.7 Å². The third-order valence-corrected chi connectivity index (χ3v) is 6.56. The molecule has 3 rings (SSSR count). The average Bonchev–Trinajstić information content (AvgIpc) is 3.21. The van der Waals surface area contributed by atoms with Gasteiger partial charge in [0, 0.05) is 24.8 Å². The van der Waals surface area contributed by atoms with Crippen molar-refractivity contribution in [3.8, 4) is 6.07 Å². The Morgan fingerprint density at radius 2 is 2.14 bits per heavy atom. The summed E-state index contributed by atoms with van der Waals surface area (Å²) >= 11 is 2.88. The lowest BCUT2D eigenvalue weighted by atomic mass is 9.94. The monoisotopic (exact) mass is 434 g/mol. The first kappa shape index (κ1) is 21.1. The van der Waals surface area contributed by atoms with Gasteiger partial charge in [-0.3, -0.25) is 15.0 Å². The third-order valence-electron chi connectivity index (χ3n) is 4.48. The van der Waals surface area contributed by atoms with Crippen molar-refractivity contribution in [3.63, 3.8) is 0 Å². The number of hydrogen-bond acceptors (Lipinski definition) is 8. The molecular formula is C18H22N6O3S2. The van der Waals surface area contributed by atoms with Crippen LogP contribution in [-0.2, 0) is 28.9 Å². The zero-order valence-electron chi connectivity index (χ0n) is 16.0. The second-order valence-electron chi connectivity index (χ2n) is 6.61. The summed E-state index contributed by atoms with van der Waals surface area (Å²) in [6, 6.07) is 2.05. The van der Waals surface area contributed by atoms with Gasteiger partial charge in [-0.1, -0.05) is 11.8 Å². The molecule has 11 heteroatoms. The van der Waals surface area contributed by atoms with E-state index in [-0.39, 0.29) is 18.1 Å². The molecule has 0 unspecified atom stereocenters. The Labute approximate surface area is 176 Å². The van der Waals surface area contributed by atoms with E-state index < -0.39 is 5.97 Å². The molecule has 154 valence electrons. The topological polar surface area (TPSA) is 133 Å². The zero-order valence-corrected chi connectivity index (χ0v) is 17.7. The van der Waals surface area contributed by atoms with Crippen molar-refractivity contribution in [2.24, 2.45) is 0 Å². The Bertz CT molecular complexity index is 946. The van der Waals surface area contributed by atoms with E-state index in [0.717, 1.165) is 36.2 Å². The number of nitriles is 1. The molecule has 2 heterocycles. The Morgan fingerprint density at radius 3 is 2.86 bits per heavy atom. The van der Waals surface area contributed by atoms with Gasteiger partial charge in [-0.05, 0) is 36.8 Å². The molecule has 0 atom stereocenters. The number of thioether (sulfide) groups is 1. The number of carbonyl (C=O) groups is 2. The normalized spacial score (nSPS) is 12.8. The van der Waals surface area contributed by atoms with Crippen LogP contribution in [-0.4, -0.2) is 44.2 Å². The predicted molar refractivity (Wildman–Crippen MR) is 111 cm³/mol. The van der Waals surface area contributed by atoms with Crippen LogP contribution in [0.3, 0.4) is 0 Å². The van der Waals surface area contributed by atoms with Crippen LogP contribution < -0.4 is 10.7 Å². The van der Waals surface area contributed by atoms with Crippen LogP contribution in [0.2, 0.25) is 0 Å². The number of aryl methyl sites for hydroxylation is 1. The van der Waals surface area contributed by atoms with E-state index in [1.807, 2.05) is 6.07 Å². The lowest BCUT2D eigenvalue weighted by Gasteiger charge is -2.14. The maximum absolute atomic E-state index is 11.7. The number of fused-ring (bicyclic) bond motifs is 1. The molecule has 0 aliphatic heterocycles. The summed E-state index contributed by atoms with van der Waals surface area (Å²) in [5.41, 5.74) is 5.11. The molecule has 2 aromatic heterocycles. The molecule has 0 radical (unpaired) electrons. The Morgan fingerprint density at radius 1 is 1.34 bits per heavy atom. The SMILES string of the molecule is CC(=O)Nn1c(Cc2c(NCCC(=O)O)sc3c2CCCC3)nnc1SCC#N. The van der Waals surface area contributed by atoms with E-state index in [4.69, 9.17) is 10.4 Å². The number of nitrogens with zero attached hydrogens (tertiary/aromatic N) is 4. The number of carboxylic acids is 1. The van der Waals surface area contributed by atoms with Crippen molar-refractivity contribution in [1.29, 1.82) is 5.26 Å². The molecule has 1 amide bonds. The Balaban J connectivity index is 1.91. The summed E-state index contributed by atoms with van der Waals surface area (Å²) in [6.07, 6.45) is 4.77. The maximum Gasteiger partial charge on any atom is 0.305 e. The highest BCUT2D eigenvalue weighted by Crippen LogP contribution is 2.39. The minimum absolute atomic E-state index is 0.0407. The van der Waals surface area contributed by atoms with E-state index in [0.29, 0.717) is 23.9 Å². The molecule has 0 aromatic carbocycles. The first-order valence-corrected chi connectivity index (χ1v) is 11.1. The van der Waals surface area contributed by atoms with Gasteiger partial charge in [0.1, 0.15) is 0 Å². The molecule has 2 aromatic rings. The molecule has 0 fully saturated rings. The first-order chi connectivity index (χ1) is 14.0. The predicted octanol–water partition coefficient (Wildman–Crippen LogP) is 2.40. The third kappa shape index (κ3) is 5.27. The number of thiophene rings is 1.